The lowest BCUT2D eigenvalue weighted by atomic mass is 9.96. The van der Waals surface area contributed by atoms with Crippen LogP contribution in [0.5, 0.6) is 0 Å². The molecule has 0 N–H and O–H groups in total. The zero-order valence-corrected chi connectivity index (χ0v) is 15.7. The minimum Gasteiger partial charge on any atom is -0.376 e. The van der Waals surface area contributed by atoms with E-state index in [2.05, 4.69) is 15.3 Å². The largest absolute Gasteiger partial charge is 0.376 e. The Balaban J connectivity index is 1.49. The maximum Gasteiger partial charge on any atom is 0.276 e. The fourth-order valence-corrected chi connectivity index (χ4v) is 4.02. The van der Waals surface area contributed by atoms with Gasteiger partial charge in [-0.2, -0.15) is 0 Å². The van der Waals surface area contributed by atoms with Crippen LogP contribution in [-0.4, -0.2) is 50.0 Å². The Kier molecular flexibility index (Phi) is 5.77. The molecular formula is C20H27N5O2. The van der Waals surface area contributed by atoms with E-state index in [1.807, 2.05) is 27.9 Å². The molecule has 0 spiro atoms. The Hall–Kier alpha value is -2.28. The average Bonchev–Trinajstić information content (AvgIpc) is 3.41. The van der Waals surface area contributed by atoms with Crippen LogP contribution in [0.3, 0.4) is 0 Å². The Bertz CT molecular complexity index is 736. The minimum atomic E-state index is -0.0793. The first-order chi connectivity index (χ1) is 13.3. The summed E-state index contributed by atoms with van der Waals surface area (Å²) in [6.07, 6.45) is 13.5. The summed E-state index contributed by atoms with van der Waals surface area (Å²) in [6.45, 7) is 1.88. The maximum absolute atomic E-state index is 13.2. The van der Waals surface area contributed by atoms with Crippen LogP contribution < -0.4 is 0 Å². The van der Waals surface area contributed by atoms with Crippen molar-refractivity contribution in [3.63, 3.8) is 0 Å². The summed E-state index contributed by atoms with van der Waals surface area (Å²) in [5.41, 5.74) is 1.48. The van der Waals surface area contributed by atoms with Crippen molar-refractivity contribution < 1.29 is 9.53 Å². The van der Waals surface area contributed by atoms with Crippen molar-refractivity contribution in [3.05, 3.63) is 42.0 Å². The molecule has 1 amide bonds. The predicted octanol–water partition coefficient (Wildman–Crippen LogP) is 3.00. The Morgan fingerprint density at radius 1 is 1.15 bits per heavy atom. The first-order valence-electron chi connectivity index (χ1n) is 10.0. The number of aromatic nitrogens is 4. The van der Waals surface area contributed by atoms with Crippen LogP contribution >= 0.6 is 0 Å². The van der Waals surface area contributed by atoms with E-state index in [4.69, 9.17) is 4.74 Å². The highest BCUT2D eigenvalue weighted by Gasteiger charge is 2.26. The number of carbonyl (C=O) groups excluding carboxylic acids is 1. The van der Waals surface area contributed by atoms with E-state index < -0.39 is 0 Å². The Morgan fingerprint density at radius 3 is 2.70 bits per heavy atom. The number of amides is 1. The highest BCUT2D eigenvalue weighted by molar-refractivity contribution is 5.91. The molecule has 0 radical (unpaired) electrons. The molecule has 27 heavy (non-hydrogen) atoms. The zero-order chi connectivity index (χ0) is 18.5. The van der Waals surface area contributed by atoms with Gasteiger partial charge in [0.1, 0.15) is 0 Å². The molecule has 1 atom stereocenters. The van der Waals surface area contributed by atoms with Gasteiger partial charge < -0.3 is 9.64 Å². The van der Waals surface area contributed by atoms with Crippen LogP contribution in [0.4, 0.5) is 0 Å². The smallest absolute Gasteiger partial charge is 0.276 e. The van der Waals surface area contributed by atoms with Crippen molar-refractivity contribution >= 4 is 5.91 Å². The van der Waals surface area contributed by atoms with Crippen LogP contribution in [0.1, 0.15) is 67.0 Å². The van der Waals surface area contributed by atoms with E-state index in [0.29, 0.717) is 24.8 Å². The SMILES string of the molecule is O=C(c1cn(C2CCCCC2)nn1)N(Cc1ccncc1)CC1CCCO1. The summed E-state index contributed by atoms with van der Waals surface area (Å²) in [6, 6.07) is 4.25. The van der Waals surface area contributed by atoms with E-state index in [-0.39, 0.29) is 12.0 Å². The zero-order valence-electron chi connectivity index (χ0n) is 15.7. The molecule has 2 aromatic heterocycles. The average molecular weight is 369 g/mol. The van der Waals surface area contributed by atoms with Gasteiger partial charge in [0, 0.05) is 32.1 Å². The van der Waals surface area contributed by atoms with E-state index in [0.717, 1.165) is 37.9 Å². The summed E-state index contributed by atoms with van der Waals surface area (Å²) in [7, 11) is 0. The van der Waals surface area contributed by atoms with Crippen molar-refractivity contribution in [2.75, 3.05) is 13.2 Å². The lowest BCUT2D eigenvalue weighted by molar-refractivity contribution is 0.0502. The molecule has 0 bridgehead atoms. The Morgan fingerprint density at radius 2 is 1.96 bits per heavy atom. The summed E-state index contributed by atoms with van der Waals surface area (Å²) in [5.74, 6) is -0.0793. The highest BCUT2D eigenvalue weighted by atomic mass is 16.5. The number of ether oxygens (including phenoxy) is 1. The van der Waals surface area contributed by atoms with Gasteiger partial charge in [-0.1, -0.05) is 24.5 Å². The molecule has 144 valence electrons. The van der Waals surface area contributed by atoms with Gasteiger partial charge in [0.15, 0.2) is 5.69 Å². The minimum absolute atomic E-state index is 0.0793. The normalized spacial score (nSPS) is 20.7. The molecule has 7 nitrogen and oxygen atoms in total. The van der Waals surface area contributed by atoms with Gasteiger partial charge >= 0.3 is 0 Å². The molecule has 4 rings (SSSR count). The van der Waals surface area contributed by atoms with Gasteiger partial charge in [0.2, 0.25) is 0 Å². The molecule has 1 saturated heterocycles. The van der Waals surface area contributed by atoms with Gasteiger partial charge in [-0.3, -0.25) is 9.78 Å². The van der Waals surface area contributed by atoms with Crippen LogP contribution in [0.2, 0.25) is 0 Å². The van der Waals surface area contributed by atoms with Gasteiger partial charge in [0.05, 0.1) is 18.3 Å². The van der Waals surface area contributed by atoms with Crippen molar-refractivity contribution in [2.24, 2.45) is 0 Å². The maximum atomic E-state index is 13.2. The summed E-state index contributed by atoms with van der Waals surface area (Å²) < 4.78 is 7.65. The quantitative estimate of drug-likeness (QED) is 0.783. The second kappa shape index (κ2) is 8.61. The first kappa shape index (κ1) is 18.1. The van der Waals surface area contributed by atoms with E-state index in [1.54, 1.807) is 12.4 Å². The molecule has 7 heteroatoms. The van der Waals surface area contributed by atoms with Gasteiger partial charge in [-0.15, -0.1) is 5.10 Å². The number of hydrogen-bond acceptors (Lipinski definition) is 5. The third-order valence-corrected chi connectivity index (χ3v) is 5.54. The third kappa shape index (κ3) is 4.53. The van der Waals surface area contributed by atoms with Gasteiger partial charge in [-0.25, -0.2) is 4.68 Å². The van der Waals surface area contributed by atoms with Crippen LogP contribution in [-0.2, 0) is 11.3 Å². The van der Waals surface area contributed by atoms with E-state index >= 15 is 0 Å². The molecular weight excluding hydrogens is 342 g/mol. The number of pyridine rings is 1. The van der Waals surface area contributed by atoms with Crippen molar-refractivity contribution in [2.45, 2.75) is 63.6 Å². The topological polar surface area (TPSA) is 73.1 Å². The first-order valence-corrected chi connectivity index (χ1v) is 10.0. The second-order valence-electron chi connectivity index (χ2n) is 7.55. The monoisotopic (exact) mass is 369 g/mol. The molecule has 0 aromatic carbocycles. The molecule has 1 saturated carbocycles. The van der Waals surface area contributed by atoms with E-state index in [1.165, 1.54) is 19.3 Å². The number of hydrogen-bond donors (Lipinski definition) is 0. The van der Waals surface area contributed by atoms with Crippen LogP contribution in [0, 0.1) is 0 Å². The molecule has 2 aromatic rings. The van der Waals surface area contributed by atoms with Crippen molar-refractivity contribution in [3.8, 4) is 0 Å². The van der Waals surface area contributed by atoms with Crippen LogP contribution in [0.15, 0.2) is 30.7 Å². The fraction of sp³-hybridized carbons (Fsp3) is 0.600. The Labute approximate surface area is 159 Å². The van der Waals surface area contributed by atoms with Crippen LogP contribution in [0.25, 0.3) is 0 Å². The third-order valence-electron chi connectivity index (χ3n) is 5.54. The number of carbonyl (C=O) groups is 1. The molecule has 1 aliphatic heterocycles. The second-order valence-corrected chi connectivity index (χ2v) is 7.55. The number of rotatable bonds is 6. The van der Waals surface area contributed by atoms with E-state index in [9.17, 15) is 4.79 Å². The molecule has 3 heterocycles. The summed E-state index contributed by atoms with van der Waals surface area (Å²) >= 11 is 0. The predicted molar refractivity (Wildman–Crippen MR) is 100 cm³/mol. The fourth-order valence-electron chi connectivity index (χ4n) is 4.02. The lowest BCUT2D eigenvalue weighted by Gasteiger charge is -2.25. The van der Waals surface area contributed by atoms with Crippen molar-refractivity contribution in [1.82, 2.24) is 24.9 Å². The highest BCUT2D eigenvalue weighted by Crippen LogP contribution is 2.27. The number of nitrogens with zero attached hydrogens (tertiary/aromatic N) is 5. The lowest BCUT2D eigenvalue weighted by Crippen LogP contribution is -2.37. The summed E-state index contributed by atoms with van der Waals surface area (Å²) in [4.78, 5) is 19.1. The van der Waals surface area contributed by atoms with Crippen molar-refractivity contribution in [1.29, 1.82) is 0 Å². The molecule has 2 aliphatic rings. The molecule has 2 fully saturated rings. The molecule has 1 unspecified atom stereocenters. The van der Waals surface area contributed by atoms with Gasteiger partial charge in [0.25, 0.3) is 5.91 Å². The summed E-state index contributed by atoms with van der Waals surface area (Å²) in [5, 5.41) is 8.46. The standard InChI is InChI=1S/C20H27N5O2/c26-20(19-15-25(23-22-19)17-5-2-1-3-6-17)24(14-18-7-4-12-27-18)13-16-8-10-21-11-9-16/h8-11,15,17-18H,1-7,12-14H2. The molecule has 1 aliphatic carbocycles. The van der Waals surface area contributed by atoms with Gasteiger partial charge in [-0.05, 0) is 43.4 Å².